The third kappa shape index (κ3) is 2.60. The van der Waals surface area contributed by atoms with E-state index in [9.17, 15) is 9.18 Å². The van der Waals surface area contributed by atoms with Crippen LogP contribution in [0.4, 0.5) is 9.39 Å². The van der Waals surface area contributed by atoms with Crippen LogP contribution < -0.4 is 5.32 Å². The first-order chi connectivity index (χ1) is 10.7. The molecule has 0 fully saturated rings. The average Bonchev–Trinajstić information content (AvgIpc) is 3.16. The summed E-state index contributed by atoms with van der Waals surface area (Å²) < 4.78 is 15.0. The van der Waals surface area contributed by atoms with Crippen molar-refractivity contribution in [3.05, 3.63) is 65.0 Å². The molecule has 7 heteroatoms. The largest absolute Gasteiger partial charge is 0.311 e. The molecular formula is C15H9FN4OS. The average molecular weight is 312 g/mol. The van der Waals surface area contributed by atoms with Crippen molar-refractivity contribution in [3.8, 4) is 11.8 Å². The summed E-state index contributed by atoms with van der Waals surface area (Å²) in [6.45, 7) is 0. The van der Waals surface area contributed by atoms with E-state index in [0.29, 0.717) is 10.6 Å². The summed E-state index contributed by atoms with van der Waals surface area (Å²) in [5.41, 5.74) is 0.794. The molecule has 0 aliphatic rings. The number of nitrogens with zero attached hydrogens (tertiary/aromatic N) is 3. The number of rotatable bonds is 3. The predicted molar refractivity (Wildman–Crippen MR) is 80.5 cm³/mol. The zero-order valence-electron chi connectivity index (χ0n) is 11.2. The highest BCUT2D eigenvalue weighted by molar-refractivity contribution is 7.14. The first-order valence-electron chi connectivity index (χ1n) is 6.28. The van der Waals surface area contributed by atoms with Gasteiger partial charge in [0.2, 0.25) is 0 Å². The summed E-state index contributed by atoms with van der Waals surface area (Å²) in [7, 11) is 0. The Kier molecular flexibility index (Phi) is 3.68. The van der Waals surface area contributed by atoms with Crippen LogP contribution in [0.5, 0.6) is 0 Å². The lowest BCUT2D eigenvalue weighted by Gasteiger charge is -2.02. The second-order valence-corrected chi connectivity index (χ2v) is 5.24. The van der Waals surface area contributed by atoms with Crippen molar-refractivity contribution in [1.82, 2.24) is 9.78 Å². The van der Waals surface area contributed by atoms with Crippen molar-refractivity contribution in [2.75, 3.05) is 5.32 Å². The fourth-order valence-corrected chi connectivity index (χ4v) is 2.61. The van der Waals surface area contributed by atoms with Gasteiger partial charge in [-0.25, -0.2) is 9.07 Å². The second-order valence-electron chi connectivity index (χ2n) is 4.33. The van der Waals surface area contributed by atoms with Crippen LogP contribution in [-0.2, 0) is 0 Å². The fraction of sp³-hybridized carbons (Fsp3) is 0. The van der Waals surface area contributed by atoms with Crippen LogP contribution in [0.1, 0.15) is 16.1 Å². The van der Waals surface area contributed by atoms with Gasteiger partial charge in [-0.3, -0.25) is 4.79 Å². The molecule has 108 valence electrons. The molecule has 5 nitrogen and oxygen atoms in total. The molecule has 3 rings (SSSR count). The van der Waals surface area contributed by atoms with E-state index < -0.39 is 11.7 Å². The molecular weight excluding hydrogens is 303 g/mol. The van der Waals surface area contributed by atoms with E-state index in [4.69, 9.17) is 5.26 Å². The van der Waals surface area contributed by atoms with Crippen LogP contribution in [0.15, 0.2) is 48.0 Å². The van der Waals surface area contributed by atoms with Gasteiger partial charge in [0.1, 0.15) is 22.6 Å². The second kappa shape index (κ2) is 5.79. The monoisotopic (exact) mass is 312 g/mol. The fourth-order valence-electron chi connectivity index (χ4n) is 1.88. The number of para-hydroxylation sites is 1. The molecule has 2 heterocycles. The molecule has 0 saturated heterocycles. The maximum absolute atomic E-state index is 13.7. The number of halogens is 1. The topological polar surface area (TPSA) is 70.7 Å². The Morgan fingerprint density at radius 3 is 2.91 bits per heavy atom. The summed E-state index contributed by atoms with van der Waals surface area (Å²) in [6.07, 6.45) is 1.51. The van der Waals surface area contributed by atoms with Crippen LogP contribution >= 0.6 is 11.3 Å². The SMILES string of the molecule is N#Cc1ccsc1NC(=O)c1ccn(-c2ccccc2F)n1. The minimum atomic E-state index is -0.450. The molecule has 0 spiro atoms. The van der Waals surface area contributed by atoms with Gasteiger partial charge in [0, 0.05) is 6.20 Å². The van der Waals surface area contributed by atoms with Crippen LogP contribution in [0.2, 0.25) is 0 Å². The Bertz CT molecular complexity index is 878. The molecule has 0 aliphatic heterocycles. The summed E-state index contributed by atoms with van der Waals surface area (Å²) in [5, 5.41) is 17.8. The van der Waals surface area contributed by atoms with Gasteiger partial charge in [-0.15, -0.1) is 11.3 Å². The van der Waals surface area contributed by atoms with E-state index in [1.807, 2.05) is 6.07 Å². The molecule has 0 saturated carbocycles. The maximum Gasteiger partial charge on any atom is 0.276 e. The molecule has 1 amide bonds. The summed E-state index contributed by atoms with van der Waals surface area (Å²) in [4.78, 5) is 12.1. The lowest BCUT2D eigenvalue weighted by molar-refractivity contribution is 0.102. The van der Waals surface area contributed by atoms with Gasteiger partial charge < -0.3 is 5.32 Å². The number of thiophene rings is 1. The Balaban J connectivity index is 1.84. The number of hydrogen-bond donors (Lipinski definition) is 1. The molecule has 2 aromatic heterocycles. The maximum atomic E-state index is 13.7. The van der Waals surface area contributed by atoms with Crippen molar-refractivity contribution in [2.24, 2.45) is 0 Å². The van der Waals surface area contributed by atoms with Gasteiger partial charge in [0.15, 0.2) is 5.69 Å². The number of nitrogens with one attached hydrogen (secondary N) is 1. The molecule has 1 aromatic carbocycles. The first kappa shape index (κ1) is 14.0. The minimum absolute atomic E-state index is 0.139. The highest BCUT2D eigenvalue weighted by atomic mass is 32.1. The van der Waals surface area contributed by atoms with Crippen LogP contribution in [0, 0.1) is 17.1 Å². The lowest BCUT2D eigenvalue weighted by atomic mass is 10.3. The van der Waals surface area contributed by atoms with Crippen molar-refractivity contribution >= 4 is 22.2 Å². The van der Waals surface area contributed by atoms with E-state index in [1.54, 1.807) is 29.6 Å². The first-order valence-corrected chi connectivity index (χ1v) is 7.16. The summed E-state index contributed by atoms with van der Waals surface area (Å²) in [5.74, 6) is -0.878. The normalized spacial score (nSPS) is 10.2. The Morgan fingerprint density at radius 1 is 1.32 bits per heavy atom. The zero-order chi connectivity index (χ0) is 15.5. The van der Waals surface area contributed by atoms with E-state index in [2.05, 4.69) is 10.4 Å². The molecule has 22 heavy (non-hydrogen) atoms. The third-order valence-electron chi connectivity index (χ3n) is 2.93. The number of hydrogen-bond acceptors (Lipinski definition) is 4. The molecule has 0 atom stereocenters. The number of anilines is 1. The quantitative estimate of drug-likeness (QED) is 0.807. The van der Waals surface area contributed by atoms with Crippen molar-refractivity contribution < 1.29 is 9.18 Å². The third-order valence-corrected chi connectivity index (χ3v) is 3.76. The Hall–Kier alpha value is -2.98. The summed E-state index contributed by atoms with van der Waals surface area (Å²) in [6, 6.07) is 11.3. The minimum Gasteiger partial charge on any atom is -0.311 e. The van der Waals surface area contributed by atoms with E-state index in [-0.39, 0.29) is 11.4 Å². The smallest absolute Gasteiger partial charge is 0.276 e. The van der Waals surface area contributed by atoms with Gasteiger partial charge in [0.05, 0.1) is 5.56 Å². The van der Waals surface area contributed by atoms with Gasteiger partial charge >= 0.3 is 0 Å². The number of amides is 1. The van der Waals surface area contributed by atoms with Gasteiger partial charge in [-0.05, 0) is 29.6 Å². The summed E-state index contributed by atoms with van der Waals surface area (Å²) >= 11 is 1.25. The Labute approximate surface area is 129 Å². The standard InChI is InChI=1S/C15H9FN4OS/c16-11-3-1-2-4-13(11)20-7-5-12(19-20)14(21)18-15-10(9-17)6-8-22-15/h1-8H,(H,18,21). The highest BCUT2D eigenvalue weighted by Gasteiger charge is 2.14. The van der Waals surface area contributed by atoms with E-state index in [1.165, 1.54) is 34.3 Å². The molecule has 3 aromatic rings. The van der Waals surface area contributed by atoms with Crippen LogP contribution in [0.3, 0.4) is 0 Å². The van der Waals surface area contributed by atoms with Gasteiger partial charge in [0.25, 0.3) is 5.91 Å². The molecule has 0 unspecified atom stereocenters. The Morgan fingerprint density at radius 2 is 2.14 bits per heavy atom. The van der Waals surface area contributed by atoms with E-state index in [0.717, 1.165) is 0 Å². The lowest BCUT2D eigenvalue weighted by Crippen LogP contribution is -2.13. The van der Waals surface area contributed by atoms with E-state index >= 15 is 0 Å². The van der Waals surface area contributed by atoms with Crippen molar-refractivity contribution in [1.29, 1.82) is 5.26 Å². The number of nitriles is 1. The predicted octanol–water partition coefficient (Wildman–Crippen LogP) is 3.20. The molecule has 0 radical (unpaired) electrons. The molecule has 0 bridgehead atoms. The number of aromatic nitrogens is 2. The van der Waals surface area contributed by atoms with Gasteiger partial charge in [-0.2, -0.15) is 10.4 Å². The van der Waals surface area contributed by atoms with Crippen LogP contribution in [0.25, 0.3) is 5.69 Å². The van der Waals surface area contributed by atoms with Crippen LogP contribution in [-0.4, -0.2) is 15.7 Å². The molecule has 1 N–H and O–H groups in total. The number of benzene rings is 1. The number of carbonyl (C=O) groups excluding carboxylic acids is 1. The van der Waals surface area contributed by atoms with Gasteiger partial charge in [-0.1, -0.05) is 12.1 Å². The van der Waals surface area contributed by atoms with Crippen molar-refractivity contribution in [2.45, 2.75) is 0 Å². The highest BCUT2D eigenvalue weighted by Crippen LogP contribution is 2.22. The van der Waals surface area contributed by atoms with Crippen molar-refractivity contribution in [3.63, 3.8) is 0 Å². The number of carbonyl (C=O) groups is 1. The molecule has 0 aliphatic carbocycles. The zero-order valence-corrected chi connectivity index (χ0v) is 12.0.